The molecule has 1 fully saturated rings. The number of nitrogens with zero attached hydrogens (tertiary/aromatic N) is 1. The van der Waals surface area contributed by atoms with Crippen molar-refractivity contribution in [3.05, 3.63) is 0 Å². The summed E-state index contributed by atoms with van der Waals surface area (Å²) in [5.74, 6) is -0.154. The summed E-state index contributed by atoms with van der Waals surface area (Å²) in [4.78, 5) is 14.0. The number of esters is 1. The van der Waals surface area contributed by atoms with E-state index in [0.717, 1.165) is 25.8 Å². The van der Waals surface area contributed by atoms with E-state index in [1.165, 1.54) is 0 Å². The molecule has 0 aromatic rings. The Kier molecular flexibility index (Phi) is 4.95. The fourth-order valence-corrected chi connectivity index (χ4v) is 2.08. The normalized spacial score (nSPS) is 23.7. The fraction of sp³-hybridized carbons (Fsp3) is 0.923. The lowest BCUT2D eigenvalue weighted by atomic mass is 10.1. The smallest absolute Gasteiger partial charge is 0.323 e. The molecule has 1 N–H and O–H groups in total. The Morgan fingerprint density at radius 3 is 2.71 bits per heavy atom. The van der Waals surface area contributed by atoms with Gasteiger partial charge >= 0.3 is 5.97 Å². The topological polar surface area (TPSA) is 49.8 Å². The monoisotopic (exact) mass is 243 g/mol. The van der Waals surface area contributed by atoms with Gasteiger partial charge in [-0.3, -0.25) is 9.69 Å². The Hall–Kier alpha value is -0.610. The molecule has 0 aliphatic carbocycles. The van der Waals surface area contributed by atoms with Gasteiger partial charge in [0.05, 0.1) is 6.10 Å². The maximum Gasteiger partial charge on any atom is 0.323 e. The van der Waals surface area contributed by atoms with Gasteiger partial charge in [0.15, 0.2) is 0 Å². The van der Waals surface area contributed by atoms with Crippen LogP contribution in [-0.4, -0.2) is 46.8 Å². The minimum Gasteiger partial charge on any atom is -0.459 e. The Labute approximate surface area is 104 Å². The van der Waals surface area contributed by atoms with E-state index in [1.807, 2.05) is 32.6 Å². The molecule has 0 bridgehead atoms. The van der Waals surface area contributed by atoms with E-state index in [1.54, 1.807) is 0 Å². The second-order valence-electron chi connectivity index (χ2n) is 5.75. The number of likely N-dealkylation sites (tertiary alicyclic amines) is 1. The van der Waals surface area contributed by atoms with Crippen molar-refractivity contribution in [1.29, 1.82) is 0 Å². The molecule has 0 saturated carbocycles. The summed E-state index contributed by atoms with van der Waals surface area (Å²) in [6, 6.07) is -0.171. The van der Waals surface area contributed by atoms with E-state index < -0.39 is 5.60 Å². The minimum atomic E-state index is -0.436. The molecule has 1 rings (SSSR count). The number of hydrogen-bond acceptors (Lipinski definition) is 4. The first-order valence-electron chi connectivity index (χ1n) is 6.48. The largest absolute Gasteiger partial charge is 0.459 e. The molecule has 100 valence electrons. The second-order valence-corrected chi connectivity index (χ2v) is 5.75. The molecule has 4 heteroatoms. The van der Waals surface area contributed by atoms with Crippen LogP contribution in [0.2, 0.25) is 0 Å². The van der Waals surface area contributed by atoms with Crippen LogP contribution in [0, 0.1) is 0 Å². The summed E-state index contributed by atoms with van der Waals surface area (Å²) in [5, 5.41) is 9.66. The van der Waals surface area contributed by atoms with Gasteiger partial charge in [0.2, 0.25) is 0 Å². The number of ether oxygens (including phenoxy) is 1. The van der Waals surface area contributed by atoms with Crippen LogP contribution in [0.3, 0.4) is 0 Å². The van der Waals surface area contributed by atoms with Crippen molar-refractivity contribution in [2.45, 2.75) is 64.7 Å². The van der Waals surface area contributed by atoms with E-state index in [9.17, 15) is 9.90 Å². The quantitative estimate of drug-likeness (QED) is 0.761. The highest BCUT2D eigenvalue weighted by Crippen LogP contribution is 2.21. The number of carbonyl (C=O) groups excluding carboxylic acids is 1. The summed E-state index contributed by atoms with van der Waals surface area (Å²) in [5.41, 5.74) is -0.436. The van der Waals surface area contributed by atoms with Crippen LogP contribution >= 0.6 is 0 Å². The zero-order valence-corrected chi connectivity index (χ0v) is 11.4. The molecule has 1 aliphatic heterocycles. The van der Waals surface area contributed by atoms with E-state index >= 15 is 0 Å². The van der Waals surface area contributed by atoms with Crippen molar-refractivity contribution in [3.63, 3.8) is 0 Å². The van der Waals surface area contributed by atoms with Crippen LogP contribution in [0.25, 0.3) is 0 Å². The van der Waals surface area contributed by atoms with Crippen molar-refractivity contribution in [1.82, 2.24) is 4.90 Å². The average Bonchev–Trinajstić information content (AvgIpc) is 2.63. The zero-order valence-electron chi connectivity index (χ0n) is 11.4. The summed E-state index contributed by atoms with van der Waals surface area (Å²) >= 11 is 0. The molecule has 0 spiro atoms. The fourth-order valence-electron chi connectivity index (χ4n) is 2.08. The van der Waals surface area contributed by atoms with Crippen molar-refractivity contribution >= 4 is 5.97 Å². The van der Waals surface area contributed by atoms with E-state index in [0.29, 0.717) is 6.54 Å². The lowest BCUT2D eigenvalue weighted by molar-refractivity contribution is -0.160. The maximum absolute atomic E-state index is 12.0. The number of rotatable bonds is 4. The van der Waals surface area contributed by atoms with Crippen LogP contribution in [0.15, 0.2) is 0 Å². The van der Waals surface area contributed by atoms with Gasteiger partial charge in [-0.05, 0) is 46.6 Å². The Morgan fingerprint density at radius 2 is 2.18 bits per heavy atom. The zero-order chi connectivity index (χ0) is 13.1. The first kappa shape index (κ1) is 14.5. The lowest BCUT2D eigenvalue weighted by Crippen LogP contribution is -2.43. The van der Waals surface area contributed by atoms with Crippen LogP contribution in [-0.2, 0) is 9.53 Å². The van der Waals surface area contributed by atoms with Crippen LogP contribution < -0.4 is 0 Å². The third-order valence-corrected chi connectivity index (χ3v) is 2.96. The SMILES string of the molecule is CC[C@@H](O)CN1CCC[C@H]1C(=O)OC(C)(C)C. The van der Waals surface area contributed by atoms with E-state index in [4.69, 9.17) is 4.74 Å². The van der Waals surface area contributed by atoms with Crippen LogP contribution in [0.1, 0.15) is 47.0 Å². The predicted molar refractivity (Wildman–Crippen MR) is 66.7 cm³/mol. The first-order chi connectivity index (χ1) is 7.83. The molecule has 1 heterocycles. The average molecular weight is 243 g/mol. The van der Waals surface area contributed by atoms with E-state index in [-0.39, 0.29) is 18.1 Å². The van der Waals surface area contributed by atoms with Gasteiger partial charge in [-0.15, -0.1) is 0 Å². The standard InChI is InChI=1S/C13H25NO3/c1-5-10(15)9-14-8-6-7-11(14)12(16)17-13(2,3)4/h10-11,15H,5-9H2,1-4H3/t10-,11+/m1/s1. The van der Waals surface area contributed by atoms with Gasteiger partial charge in [-0.1, -0.05) is 6.92 Å². The number of aliphatic hydroxyl groups excluding tert-OH is 1. The van der Waals surface area contributed by atoms with Crippen molar-refractivity contribution in [3.8, 4) is 0 Å². The molecular formula is C13H25NO3. The summed E-state index contributed by atoms with van der Waals surface area (Å²) in [6.07, 6.45) is 2.21. The summed E-state index contributed by atoms with van der Waals surface area (Å²) in [7, 11) is 0. The number of hydrogen-bond donors (Lipinski definition) is 1. The van der Waals surface area contributed by atoms with Crippen molar-refractivity contribution in [2.75, 3.05) is 13.1 Å². The number of β-amino-alcohol motifs (C(OH)–C–C–N with tert-alkyl or cyclic N) is 1. The molecule has 4 nitrogen and oxygen atoms in total. The highest BCUT2D eigenvalue weighted by atomic mass is 16.6. The van der Waals surface area contributed by atoms with Crippen LogP contribution in [0.4, 0.5) is 0 Å². The lowest BCUT2D eigenvalue weighted by Gasteiger charge is -2.28. The molecule has 0 aromatic carbocycles. The van der Waals surface area contributed by atoms with Crippen molar-refractivity contribution < 1.29 is 14.6 Å². The Bertz CT molecular complexity index is 260. The molecule has 0 unspecified atom stereocenters. The van der Waals surface area contributed by atoms with Gasteiger partial charge in [0.25, 0.3) is 0 Å². The minimum absolute atomic E-state index is 0.154. The van der Waals surface area contributed by atoms with Gasteiger partial charge in [-0.25, -0.2) is 0 Å². The molecule has 1 saturated heterocycles. The number of aliphatic hydroxyl groups is 1. The van der Waals surface area contributed by atoms with Crippen LogP contribution in [0.5, 0.6) is 0 Å². The highest BCUT2D eigenvalue weighted by molar-refractivity contribution is 5.76. The third-order valence-electron chi connectivity index (χ3n) is 2.96. The molecule has 1 aliphatic rings. The molecule has 0 aromatic heterocycles. The molecule has 0 radical (unpaired) electrons. The maximum atomic E-state index is 12.0. The van der Waals surface area contributed by atoms with Gasteiger partial charge < -0.3 is 9.84 Å². The Morgan fingerprint density at radius 1 is 1.53 bits per heavy atom. The summed E-state index contributed by atoms with van der Waals surface area (Å²) < 4.78 is 5.40. The molecule has 17 heavy (non-hydrogen) atoms. The molecule has 0 amide bonds. The molecular weight excluding hydrogens is 218 g/mol. The third kappa shape index (κ3) is 4.64. The van der Waals surface area contributed by atoms with E-state index in [2.05, 4.69) is 0 Å². The predicted octanol–water partition coefficient (Wildman–Crippen LogP) is 1.56. The van der Waals surface area contributed by atoms with Gasteiger partial charge in [-0.2, -0.15) is 0 Å². The first-order valence-corrected chi connectivity index (χ1v) is 6.48. The number of carbonyl (C=O) groups is 1. The summed E-state index contributed by atoms with van der Waals surface area (Å²) in [6.45, 7) is 9.03. The highest BCUT2D eigenvalue weighted by Gasteiger charge is 2.34. The van der Waals surface area contributed by atoms with Crippen molar-refractivity contribution in [2.24, 2.45) is 0 Å². The second kappa shape index (κ2) is 5.83. The Balaban J connectivity index is 2.54. The molecule has 2 atom stereocenters. The van der Waals surface area contributed by atoms with Gasteiger partial charge in [0, 0.05) is 6.54 Å². The van der Waals surface area contributed by atoms with Gasteiger partial charge in [0.1, 0.15) is 11.6 Å².